The number of furan rings is 1. The molecule has 7 heteroatoms. The number of aliphatic carboxylic acids is 1. The number of fused-ring (bicyclic) bond motifs is 1. The van der Waals surface area contributed by atoms with Crippen LogP contribution < -0.4 is 9.47 Å². The van der Waals surface area contributed by atoms with Crippen LogP contribution in [0.4, 0.5) is 0 Å². The van der Waals surface area contributed by atoms with E-state index in [-0.39, 0.29) is 6.61 Å². The van der Waals surface area contributed by atoms with E-state index in [1.807, 2.05) is 26.0 Å². The van der Waals surface area contributed by atoms with Gasteiger partial charge in [-0.1, -0.05) is 30.3 Å². The summed E-state index contributed by atoms with van der Waals surface area (Å²) in [4.78, 5) is 13.2. The van der Waals surface area contributed by atoms with Crippen LogP contribution in [-0.4, -0.2) is 55.5 Å². The van der Waals surface area contributed by atoms with Crippen molar-refractivity contribution in [2.45, 2.75) is 20.4 Å². The third kappa shape index (κ3) is 6.88. The maximum Gasteiger partial charge on any atom is 0.341 e. The van der Waals surface area contributed by atoms with E-state index in [9.17, 15) is 4.79 Å². The van der Waals surface area contributed by atoms with Crippen LogP contribution in [0.1, 0.15) is 28.0 Å². The van der Waals surface area contributed by atoms with Crippen molar-refractivity contribution in [3.63, 3.8) is 0 Å². The van der Waals surface area contributed by atoms with Gasteiger partial charge in [-0.25, -0.2) is 4.79 Å². The number of nitrogens with zero attached hydrogens (tertiary/aromatic N) is 1. The van der Waals surface area contributed by atoms with E-state index >= 15 is 0 Å². The Kier molecular flexibility index (Phi) is 8.30. The molecule has 1 aromatic heterocycles. The molecule has 0 atom stereocenters. The van der Waals surface area contributed by atoms with Crippen molar-refractivity contribution < 1.29 is 28.5 Å². The first-order chi connectivity index (χ1) is 18.9. The van der Waals surface area contributed by atoms with Gasteiger partial charge in [0.15, 0.2) is 6.61 Å². The lowest BCUT2D eigenvalue weighted by atomic mass is 9.95. The van der Waals surface area contributed by atoms with Crippen LogP contribution in [0.3, 0.4) is 0 Å². The van der Waals surface area contributed by atoms with Gasteiger partial charge < -0.3 is 23.7 Å². The zero-order chi connectivity index (χ0) is 27.2. The van der Waals surface area contributed by atoms with E-state index in [2.05, 4.69) is 53.4 Å². The molecule has 0 saturated carbocycles. The fourth-order valence-electron chi connectivity index (χ4n) is 4.79. The molecule has 2 heterocycles. The first kappa shape index (κ1) is 26.5. The van der Waals surface area contributed by atoms with Gasteiger partial charge in [0, 0.05) is 25.0 Å². The van der Waals surface area contributed by atoms with Gasteiger partial charge in [-0.3, -0.25) is 4.90 Å². The summed E-state index contributed by atoms with van der Waals surface area (Å²) in [5.41, 5.74) is 6.23. The fourth-order valence-corrected chi connectivity index (χ4v) is 4.79. The molecule has 7 nitrogen and oxygen atoms in total. The van der Waals surface area contributed by atoms with E-state index in [1.165, 1.54) is 5.56 Å². The molecule has 1 saturated heterocycles. The highest BCUT2D eigenvalue weighted by Crippen LogP contribution is 2.29. The minimum absolute atomic E-state index is 0.363. The first-order valence-corrected chi connectivity index (χ1v) is 13.1. The van der Waals surface area contributed by atoms with Crippen LogP contribution in [0.2, 0.25) is 0 Å². The second-order valence-corrected chi connectivity index (χ2v) is 9.73. The number of rotatable bonds is 10. The second-order valence-electron chi connectivity index (χ2n) is 9.73. The Bertz CT molecular complexity index is 1460. The highest BCUT2D eigenvalue weighted by molar-refractivity contribution is 5.87. The molecule has 4 aromatic rings. The Morgan fingerprint density at radius 3 is 2.46 bits per heavy atom. The number of hydrogen-bond donors (Lipinski definition) is 1. The average Bonchev–Trinajstić information content (AvgIpc) is 3.31. The van der Waals surface area contributed by atoms with Crippen molar-refractivity contribution in [2.24, 2.45) is 0 Å². The molecule has 0 spiro atoms. The molecule has 1 fully saturated rings. The zero-order valence-electron chi connectivity index (χ0n) is 22.3. The molecule has 3 aromatic carbocycles. The minimum Gasteiger partial charge on any atom is -0.489 e. The summed E-state index contributed by atoms with van der Waals surface area (Å²) < 4.78 is 22.7. The Hall–Kier alpha value is -4.07. The molecule has 1 aliphatic heterocycles. The van der Waals surface area contributed by atoms with Gasteiger partial charge in [0.1, 0.15) is 29.4 Å². The molecule has 0 bridgehead atoms. The molecule has 39 heavy (non-hydrogen) atoms. The highest BCUT2D eigenvalue weighted by Gasteiger charge is 2.13. The van der Waals surface area contributed by atoms with Crippen LogP contribution in [-0.2, 0) is 16.1 Å². The number of benzene rings is 3. The summed E-state index contributed by atoms with van der Waals surface area (Å²) >= 11 is 0. The van der Waals surface area contributed by atoms with Crippen molar-refractivity contribution >= 4 is 22.5 Å². The quantitative estimate of drug-likeness (QED) is 0.277. The van der Waals surface area contributed by atoms with E-state index in [4.69, 9.17) is 23.7 Å². The van der Waals surface area contributed by atoms with Gasteiger partial charge in [-0.2, -0.15) is 0 Å². The molecule has 0 aliphatic carbocycles. The number of morpholine rings is 1. The van der Waals surface area contributed by atoms with Crippen LogP contribution in [0, 0.1) is 13.8 Å². The largest absolute Gasteiger partial charge is 0.489 e. The normalized spacial score (nSPS) is 14.5. The maximum absolute atomic E-state index is 10.8. The van der Waals surface area contributed by atoms with Crippen molar-refractivity contribution in [1.82, 2.24) is 4.90 Å². The maximum atomic E-state index is 10.8. The first-order valence-electron chi connectivity index (χ1n) is 13.1. The molecule has 1 N–H and O–H groups in total. The van der Waals surface area contributed by atoms with Crippen LogP contribution >= 0.6 is 0 Å². The number of carbonyl (C=O) groups is 1. The predicted octanol–water partition coefficient (Wildman–Crippen LogP) is 5.86. The summed E-state index contributed by atoms with van der Waals surface area (Å²) in [5.74, 6) is 1.09. The van der Waals surface area contributed by atoms with Gasteiger partial charge in [0.05, 0.1) is 13.2 Å². The Balaban J connectivity index is 1.36. The molecule has 202 valence electrons. The van der Waals surface area contributed by atoms with Crippen molar-refractivity contribution in [3.8, 4) is 11.5 Å². The van der Waals surface area contributed by atoms with E-state index in [0.29, 0.717) is 18.1 Å². The van der Waals surface area contributed by atoms with Gasteiger partial charge in [-0.15, -0.1) is 0 Å². The Morgan fingerprint density at radius 2 is 1.72 bits per heavy atom. The van der Waals surface area contributed by atoms with Crippen LogP contribution in [0.5, 0.6) is 11.5 Å². The lowest BCUT2D eigenvalue weighted by molar-refractivity contribution is -0.139. The highest BCUT2D eigenvalue weighted by atomic mass is 16.5. The number of ether oxygens (including phenoxy) is 3. The lowest BCUT2D eigenvalue weighted by Gasteiger charge is -2.26. The summed E-state index contributed by atoms with van der Waals surface area (Å²) in [6.07, 6.45) is 2.09. The van der Waals surface area contributed by atoms with Gasteiger partial charge in [0.2, 0.25) is 0 Å². The minimum atomic E-state index is -1.01. The van der Waals surface area contributed by atoms with Crippen LogP contribution in [0.15, 0.2) is 77.2 Å². The number of carboxylic acids is 1. The molecular weight excluding hydrogens is 494 g/mol. The summed E-state index contributed by atoms with van der Waals surface area (Å²) in [6, 6.07) is 22.4. The molecule has 1 aliphatic rings. The van der Waals surface area contributed by atoms with Crippen molar-refractivity contribution in [3.05, 3.63) is 101 Å². The van der Waals surface area contributed by atoms with E-state index in [0.717, 1.165) is 71.8 Å². The summed E-state index contributed by atoms with van der Waals surface area (Å²) in [7, 11) is 0. The zero-order valence-corrected chi connectivity index (χ0v) is 22.3. The Labute approximate surface area is 228 Å². The van der Waals surface area contributed by atoms with Gasteiger partial charge in [-0.05, 0) is 84.1 Å². The van der Waals surface area contributed by atoms with Gasteiger partial charge >= 0.3 is 5.97 Å². The summed E-state index contributed by atoms with van der Waals surface area (Å²) in [6.45, 7) is 8.22. The molecule has 0 amide bonds. The van der Waals surface area contributed by atoms with Crippen molar-refractivity contribution in [1.29, 1.82) is 0 Å². The lowest BCUT2D eigenvalue weighted by Crippen LogP contribution is -2.35. The molecule has 5 rings (SSSR count). The number of aryl methyl sites for hydroxylation is 2. The summed E-state index contributed by atoms with van der Waals surface area (Å²) in [5, 5.41) is 9.92. The number of carboxylic acid groups (broad SMARTS) is 1. The average molecular weight is 528 g/mol. The Morgan fingerprint density at radius 1 is 0.949 bits per heavy atom. The molecule has 0 unspecified atom stereocenters. The van der Waals surface area contributed by atoms with E-state index in [1.54, 1.807) is 12.1 Å². The third-order valence-corrected chi connectivity index (χ3v) is 6.76. The fraction of sp³-hybridized carbons (Fsp3) is 0.281. The smallest absolute Gasteiger partial charge is 0.341 e. The molecule has 0 radical (unpaired) electrons. The second kappa shape index (κ2) is 12.2. The standard InChI is InChI=1S/C32H33NO6/c1-22-17-28(8-10-30(22)38-21-32(34)35)37-14-11-29(26-7-9-31-27(19-26)18-23(2)39-31)25-5-3-24(4-6-25)20-33-12-15-36-16-13-33/h3-11,17-19H,12-16,20-21H2,1-2H3,(H,34,35)/b29-11+. The SMILES string of the molecule is Cc1cc2cc(/C(=C/COc3ccc(OCC(=O)O)c(C)c3)c3ccc(CN4CCOCC4)cc3)ccc2o1. The number of hydrogen-bond acceptors (Lipinski definition) is 6. The monoisotopic (exact) mass is 527 g/mol. The topological polar surface area (TPSA) is 81.4 Å². The third-order valence-electron chi connectivity index (χ3n) is 6.76. The van der Waals surface area contributed by atoms with Gasteiger partial charge in [0.25, 0.3) is 0 Å². The van der Waals surface area contributed by atoms with E-state index < -0.39 is 5.97 Å². The molecular formula is C32H33NO6. The van der Waals surface area contributed by atoms with Crippen molar-refractivity contribution in [2.75, 3.05) is 39.5 Å². The predicted molar refractivity (Wildman–Crippen MR) is 150 cm³/mol. The van der Waals surface area contributed by atoms with Crippen LogP contribution in [0.25, 0.3) is 16.5 Å².